The van der Waals surface area contributed by atoms with E-state index in [2.05, 4.69) is 27.9 Å². The van der Waals surface area contributed by atoms with E-state index in [0.717, 1.165) is 12.8 Å². The molecule has 1 saturated heterocycles. The van der Waals surface area contributed by atoms with Gasteiger partial charge in [-0.05, 0) is 6.42 Å². The number of nitrogens with one attached hydrogen (secondary N) is 1. The molecule has 0 bridgehead atoms. The maximum atomic E-state index is 11.9. The van der Waals surface area contributed by atoms with Crippen LogP contribution in [0.1, 0.15) is 45.4 Å². The quantitative estimate of drug-likeness (QED) is 0.188. The smallest absolute Gasteiger partial charge is 0.329 e. The molecule has 1 aliphatic heterocycles. The summed E-state index contributed by atoms with van der Waals surface area (Å²) in [5, 5.41) is 3.64. The fourth-order valence-electron chi connectivity index (χ4n) is 1.94. The molecule has 0 saturated carbocycles. The summed E-state index contributed by atoms with van der Waals surface area (Å²) in [6.07, 6.45) is 7.01. The molecule has 1 aliphatic rings. The number of ether oxygens (including phenoxy) is 1. The van der Waals surface area contributed by atoms with Gasteiger partial charge in [0, 0.05) is 5.33 Å². The summed E-state index contributed by atoms with van der Waals surface area (Å²) in [5.41, 5.74) is 0. The fraction of sp³-hybridized carbons (Fsp3) is 0.923. The van der Waals surface area contributed by atoms with E-state index >= 15 is 0 Å². The summed E-state index contributed by atoms with van der Waals surface area (Å²) >= 11 is 8.51. The second-order valence-electron chi connectivity index (χ2n) is 4.93. The van der Waals surface area contributed by atoms with Gasteiger partial charge in [-0.3, -0.25) is 4.79 Å². The first kappa shape index (κ1) is 19.7. The zero-order chi connectivity index (χ0) is 15.6. The molecule has 0 aromatic rings. The van der Waals surface area contributed by atoms with E-state index in [1.165, 1.54) is 25.7 Å². The van der Waals surface area contributed by atoms with Crippen LogP contribution in [-0.2, 0) is 30.8 Å². The fourth-order valence-corrected chi connectivity index (χ4v) is 4.61. The van der Waals surface area contributed by atoms with Gasteiger partial charge in [-0.1, -0.05) is 55.0 Å². The molecule has 0 radical (unpaired) electrons. The lowest BCUT2D eigenvalue weighted by atomic mass is 10.1. The standard InChI is InChI=1S/C13H25BrNO4PS/c1-2-3-4-5-6-7-9-17-13(16)12-11-19-20(21,15-12)18-10-8-14/h12H,2-11H2,1H3,(H,15,21)/t12-,20?/m1/s1. The number of hydrogen-bond donors (Lipinski definition) is 1. The van der Waals surface area contributed by atoms with E-state index in [0.29, 0.717) is 18.5 Å². The van der Waals surface area contributed by atoms with Crippen LogP contribution in [0.5, 0.6) is 0 Å². The maximum Gasteiger partial charge on any atom is 0.329 e. The van der Waals surface area contributed by atoms with Crippen LogP contribution in [0.3, 0.4) is 0 Å². The molecule has 8 heteroatoms. The molecule has 2 atom stereocenters. The Kier molecular flexibility index (Phi) is 10.5. The third-order valence-corrected chi connectivity index (χ3v) is 6.00. The molecule has 21 heavy (non-hydrogen) atoms. The summed E-state index contributed by atoms with van der Waals surface area (Å²) in [7, 11) is -2.50. The van der Waals surface area contributed by atoms with E-state index in [-0.39, 0.29) is 12.6 Å². The van der Waals surface area contributed by atoms with E-state index in [9.17, 15) is 4.79 Å². The number of alkyl halides is 1. The van der Waals surface area contributed by atoms with Gasteiger partial charge in [0.15, 0.2) is 6.04 Å². The van der Waals surface area contributed by atoms with Gasteiger partial charge in [0.05, 0.1) is 6.61 Å². The van der Waals surface area contributed by atoms with Crippen molar-refractivity contribution in [1.29, 1.82) is 0 Å². The average molecular weight is 402 g/mol. The van der Waals surface area contributed by atoms with Crippen molar-refractivity contribution in [3.63, 3.8) is 0 Å². The van der Waals surface area contributed by atoms with Crippen LogP contribution >= 0.6 is 23.0 Å². The molecule has 1 fully saturated rings. The molecule has 0 aromatic heterocycles. The molecule has 124 valence electrons. The molecule has 1 heterocycles. The van der Waals surface area contributed by atoms with Crippen LogP contribution in [0, 0.1) is 0 Å². The third kappa shape index (κ3) is 8.14. The van der Waals surface area contributed by atoms with Crippen LogP contribution in [0.15, 0.2) is 0 Å². The van der Waals surface area contributed by atoms with Crippen LogP contribution < -0.4 is 5.09 Å². The van der Waals surface area contributed by atoms with E-state index in [4.69, 9.17) is 26.0 Å². The lowest BCUT2D eigenvalue weighted by Crippen LogP contribution is -2.34. The Bertz CT molecular complexity index is 314. The van der Waals surface area contributed by atoms with Crippen molar-refractivity contribution in [2.24, 2.45) is 0 Å². The first-order chi connectivity index (χ1) is 10.1. The van der Waals surface area contributed by atoms with Crippen LogP contribution in [0.25, 0.3) is 0 Å². The molecule has 0 aliphatic carbocycles. The van der Waals surface area contributed by atoms with Crippen molar-refractivity contribution in [1.82, 2.24) is 5.09 Å². The van der Waals surface area contributed by atoms with Crippen molar-refractivity contribution >= 4 is 41.2 Å². The lowest BCUT2D eigenvalue weighted by Gasteiger charge is -2.22. The van der Waals surface area contributed by atoms with Crippen LogP contribution in [0.4, 0.5) is 0 Å². The monoisotopic (exact) mass is 401 g/mol. The Morgan fingerprint density at radius 1 is 1.33 bits per heavy atom. The first-order valence-corrected chi connectivity index (χ1v) is 11.3. The SMILES string of the molecule is CCCCCCCCOC(=O)[C@H]1CO[P+]([S-])(OCCBr)N1. The molecule has 1 unspecified atom stereocenters. The second kappa shape index (κ2) is 11.2. The molecule has 0 spiro atoms. The third-order valence-electron chi connectivity index (χ3n) is 3.09. The Hall–Kier alpha value is 0.610. The first-order valence-electron chi connectivity index (χ1n) is 7.51. The van der Waals surface area contributed by atoms with Gasteiger partial charge in [-0.25, -0.2) is 9.05 Å². The normalized spacial score (nSPS) is 25.2. The van der Waals surface area contributed by atoms with Crippen molar-refractivity contribution in [2.45, 2.75) is 51.5 Å². The van der Waals surface area contributed by atoms with Crippen molar-refractivity contribution in [2.75, 3.05) is 25.2 Å². The molecular weight excluding hydrogens is 377 g/mol. The summed E-state index contributed by atoms with van der Waals surface area (Å²) in [6.45, 7) is 3.36. The molecule has 0 aromatic carbocycles. The van der Waals surface area contributed by atoms with Gasteiger partial charge in [0.1, 0.15) is 13.2 Å². The highest BCUT2D eigenvalue weighted by Gasteiger charge is 2.43. The minimum absolute atomic E-state index is 0.231. The van der Waals surface area contributed by atoms with E-state index in [1.54, 1.807) is 0 Å². The molecule has 0 amide bonds. The Morgan fingerprint density at radius 2 is 2.05 bits per heavy atom. The van der Waals surface area contributed by atoms with Gasteiger partial charge in [0.25, 0.3) is 0 Å². The van der Waals surface area contributed by atoms with E-state index < -0.39 is 13.1 Å². The summed E-state index contributed by atoms with van der Waals surface area (Å²) in [5.74, 6) is -0.294. The molecular formula is C13H25BrNO4PS. The van der Waals surface area contributed by atoms with Crippen molar-refractivity contribution < 1.29 is 18.6 Å². The predicted molar refractivity (Wildman–Crippen MR) is 91.2 cm³/mol. The van der Waals surface area contributed by atoms with Gasteiger partial charge in [-0.15, -0.1) is 5.09 Å². The Labute approximate surface area is 141 Å². The molecule has 5 nitrogen and oxygen atoms in total. The average Bonchev–Trinajstić information content (AvgIpc) is 2.87. The highest BCUT2D eigenvalue weighted by molar-refractivity contribution is 9.09. The number of carbonyl (C=O) groups is 1. The predicted octanol–water partition coefficient (Wildman–Crippen LogP) is 3.51. The number of carbonyl (C=O) groups excluding carboxylic acids is 1. The Morgan fingerprint density at radius 3 is 2.76 bits per heavy atom. The van der Waals surface area contributed by atoms with E-state index in [1.807, 2.05) is 0 Å². The highest BCUT2D eigenvalue weighted by Crippen LogP contribution is 2.58. The number of esters is 1. The van der Waals surface area contributed by atoms with Crippen molar-refractivity contribution in [3.8, 4) is 0 Å². The second-order valence-corrected chi connectivity index (χ2v) is 8.94. The minimum Gasteiger partial charge on any atom is -0.472 e. The van der Waals surface area contributed by atoms with Gasteiger partial charge in [0.2, 0.25) is 7.07 Å². The summed E-state index contributed by atoms with van der Waals surface area (Å²) in [6, 6.07) is -0.494. The maximum absolute atomic E-state index is 11.9. The van der Waals surface area contributed by atoms with Gasteiger partial charge >= 0.3 is 5.97 Å². The topological polar surface area (TPSA) is 56.8 Å². The summed E-state index contributed by atoms with van der Waals surface area (Å²) < 4.78 is 16.1. The zero-order valence-electron chi connectivity index (χ0n) is 12.5. The number of hydrogen-bond acceptors (Lipinski definition) is 6. The highest BCUT2D eigenvalue weighted by atomic mass is 79.9. The summed E-state index contributed by atoms with van der Waals surface area (Å²) in [4.78, 5) is 11.9. The molecule has 1 N–H and O–H groups in total. The largest absolute Gasteiger partial charge is 0.472 e. The van der Waals surface area contributed by atoms with Crippen LogP contribution in [0.2, 0.25) is 0 Å². The number of unbranched alkanes of at least 4 members (excludes halogenated alkanes) is 5. The number of rotatable bonds is 11. The van der Waals surface area contributed by atoms with Crippen LogP contribution in [-0.4, -0.2) is 37.2 Å². The van der Waals surface area contributed by atoms with Gasteiger partial charge < -0.3 is 17.0 Å². The zero-order valence-corrected chi connectivity index (χ0v) is 15.8. The van der Waals surface area contributed by atoms with Gasteiger partial charge in [-0.2, -0.15) is 0 Å². The molecule has 1 rings (SSSR count). The van der Waals surface area contributed by atoms with Crippen molar-refractivity contribution in [3.05, 3.63) is 0 Å². The Balaban J connectivity index is 2.10. The lowest BCUT2D eigenvalue weighted by molar-refractivity contribution is -0.145. The minimum atomic E-state index is -2.50. The number of halogens is 1.